The molecule has 0 aliphatic rings. The monoisotopic (exact) mass is 340 g/mol. The molecule has 0 saturated carbocycles. The minimum atomic E-state index is 0.0682. The van der Waals surface area contributed by atoms with E-state index in [0.29, 0.717) is 11.8 Å². The summed E-state index contributed by atoms with van der Waals surface area (Å²) in [6, 6.07) is 19.1. The van der Waals surface area contributed by atoms with Gasteiger partial charge in [0.2, 0.25) is 0 Å². The Balaban J connectivity index is 0.00000151. The second-order valence-corrected chi connectivity index (χ2v) is 7.22. The number of hydrogen-bond donors (Lipinski definition) is 0. The summed E-state index contributed by atoms with van der Waals surface area (Å²) < 4.78 is 6.08. The SMILES string of the molecule is CC.CC(C)CC(c1ccc(OC(C)c2ccccc2)cc1)C(C)C. The Morgan fingerprint density at radius 1 is 0.720 bits per heavy atom. The van der Waals surface area contributed by atoms with Crippen molar-refractivity contribution in [2.45, 2.75) is 66.9 Å². The highest BCUT2D eigenvalue weighted by Crippen LogP contribution is 2.32. The first-order valence-corrected chi connectivity index (χ1v) is 9.79. The van der Waals surface area contributed by atoms with E-state index in [9.17, 15) is 0 Å². The van der Waals surface area contributed by atoms with Crippen LogP contribution < -0.4 is 4.74 Å². The third-order valence-corrected chi connectivity index (χ3v) is 4.42. The van der Waals surface area contributed by atoms with Crippen LogP contribution in [0.5, 0.6) is 5.75 Å². The van der Waals surface area contributed by atoms with Gasteiger partial charge in [-0.25, -0.2) is 0 Å². The summed E-state index contributed by atoms with van der Waals surface area (Å²) in [4.78, 5) is 0. The van der Waals surface area contributed by atoms with Gasteiger partial charge in [0.05, 0.1) is 0 Å². The van der Waals surface area contributed by atoms with Gasteiger partial charge in [0.1, 0.15) is 11.9 Å². The fraction of sp³-hybridized carbons (Fsp3) is 0.500. The van der Waals surface area contributed by atoms with Gasteiger partial charge in [-0.2, -0.15) is 0 Å². The van der Waals surface area contributed by atoms with Gasteiger partial charge in [-0.05, 0) is 54.4 Å². The fourth-order valence-corrected chi connectivity index (χ4v) is 3.09. The molecule has 1 heteroatoms. The van der Waals surface area contributed by atoms with Crippen molar-refractivity contribution in [1.82, 2.24) is 0 Å². The van der Waals surface area contributed by atoms with E-state index < -0.39 is 0 Å². The molecule has 0 radical (unpaired) electrons. The molecule has 2 aromatic rings. The van der Waals surface area contributed by atoms with Gasteiger partial charge in [0.25, 0.3) is 0 Å². The first kappa shape index (κ1) is 21.3. The van der Waals surface area contributed by atoms with E-state index in [0.717, 1.165) is 11.7 Å². The second kappa shape index (κ2) is 11.0. The number of benzene rings is 2. The van der Waals surface area contributed by atoms with Crippen molar-refractivity contribution in [3.05, 3.63) is 65.7 Å². The quantitative estimate of drug-likeness (QED) is 0.503. The van der Waals surface area contributed by atoms with Crippen molar-refractivity contribution in [1.29, 1.82) is 0 Å². The van der Waals surface area contributed by atoms with E-state index in [4.69, 9.17) is 4.74 Å². The van der Waals surface area contributed by atoms with E-state index in [2.05, 4.69) is 83.1 Å². The van der Waals surface area contributed by atoms with E-state index in [1.165, 1.54) is 17.5 Å². The van der Waals surface area contributed by atoms with Crippen LogP contribution >= 0.6 is 0 Å². The van der Waals surface area contributed by atoms with Gasteiger partial charge < -0.3 is 4.74 Å². The lowest BCUT2D eigenvalue weighted by atomic mass is 9.82. The minimum Gasteiger partial charge on any atom is -0.486 e. The minimum absolute atomic E-state index is 0.0682. The molecule has 0 heterocycles. The molecule has 2 atom stereocenters. The van der Waals surface area contributed by atoms with Crippen molar-refractivity contribution in [2.75, 3.05) is 0 Å². The zero-order chi connectivity index (χ0) is 18.8. The number of ether oxygens (including phenoxy) is 1. The molecule has 2 aromatic carbocycles. The highest BCUT2D eigenvalue weighted by atomic mass is 16.5. The maximum absolute atomic E-state index is 6.08. The average molecular weight is 341 g/mol. The molecule has 25 heavy (non-hydrogen) atoms. The first-order chi connectivity index (χ1) is 12.0. The summed E-state index contributed by atoms with van der Waals surface area (Å²) >= 11 is 0. The van der Waals surface area contributed by atoms with E-state index in [1.54, 1.807) is 0 Å². The van der Waals surface area contributed by atoms with E-state index in [1.807, 2.05) is 19.9 Å². The highest BCUT2D eigenvalue weighted by Gasteiger charge is 2.17. The van der Waals surface area contributed by atoms with E-state index in [-0.39, 0.29) is 6.10 Å². The van der Waals surface area contributed by atoms with E-state index >= 15 is 0 Å². The molecule has 0 aromatic heterocycles. The normalized spacial score (nSPS) is 13.2. The zero-order valence-corrected chi connectivity index (χ0v) is 17.1. The van der Waals surface area contributed by atoms with Gasteiger partial charge in [0, 0.05) is 0 Å². The van der Waals surface area contributed by atoms with Crippen molar-refractivity contribution >= 4 is 0 Å². The molecule has 0 fully saturated rings. The molecule has 0 aliphatic carbocycles. The van der Waals surface area contributed by atoms with Crippen LogP contribution in [0.2, 0.25) is 0 Å². The van der Waals surface area contributed by atoms with Crippen LogP contribution in [0.15, 0.2) is 54.6 Å². The first-order valence-electron chi connectivity index (χ1n) is 9.79. The van der Waals surface area contributed by atoms with Crippen LogP contribution in [-0.2, 0) is 0 Å². The molecule has 0 spiro atoms. The Kier molecular flexibility index (Phi) is 9.34. The van der Waals surface area contributed by atoms with Crippen LogP contribution in [0.3, 0.4) is 0 Å². The predicted octanol–water partition coefficient (Wildman–Crippen LogP) is 7.64. The summed E-state index contributed by atoms with van der Waals surface area (Å²) in [6.45, 7) is 15.3. The zero-order valence-electron chi connectivity index (χ0n) is 17.1. The number of hydrogen-bond acceptors (Lipinski definition) is 1. The lowest BCUT2D eigenvalue weighted by Crippen LogP contribution is -2.10. The van der Waals surface area contributed by atoms with Crippen molar-refractivity contribution in [3.8, 4) is 5.75 Å². The Bertz CT molecular complexity index is 569. The van der Waals surface area contributed by atoms with Gasteiger partial charge >= 0.3 is 0 Å². The lowest BCUT2D eigenvalue weighted by Gasteiger charge is -2.24. The van der Waals surface area contributed by atoms with Gasteiger partial charge in [-0.15, -0.1) is 0 Å². The van der Waals surface area contributed by atoms with Crippen molar-refractivity contribution in [3.63, 3.8) is 0 Å². The van der Waals surface area contributed by atoms with Crippen LogP contribution in [0, 0.1) is 11.8 Å². The summed E-state index contributed by atoms with van der Waals surface area (Å²) in [7, 11) is 0. The molecule has 0 aliphatic heterocycles. The molecule has 2 unspecified atom stereocenters. The van der Waals surface area contributed by atoms with Crippen molar-refractivity contribution < 1.29 is 4.74 Å². The lowest BCUT2D eigenvalue weighted by molar-refractivity contribution is 0.227. The standard InChI is InChI=1S/C22H30O.C2H6/c1-16(2)15-22(17(3)4)20-11-13-21(14-12-20)23-18(5)19-9-7-6-8-10-19;1-2/h6-14,16-18,22H,15H2,1-5H3;1-2H3. The second-order valence-electron chi connectivity index (χ2n) is 7.22. The van der Waals surface area contributed by atoms with Crippen LogP contribution in [0.25, 0.3) is 0 Å². The summed E-state index contributed by atoms with van der Waals surface area (Å²) in [5.74, 6) is 2.94. The van der Waals surface area contributed by atoms with Crippen LogP contribution in [-0.4, -0.2) is 0 Å². The molecule has 0 bridgehead atoms. The molecule has 2 rings (SSSR count). The average Bonchev–Trinajstić information content (AvgIpc) is 2.62. The molecule has 0 amide bonds. The Morgan fingerprint density at radius 2 is 1.28 bits per heavy atom. The molecular formula is C24H36O. The van der Waals surface area contributed by atoms with Gasteiger partial charge in [-0.3, -0.25) is 0 Å². The third kappa shape index (κ3) is 6.94. The molecule has 138 valence electrons. The van der Waals surface area contributed by atoms with Gasteiger partial charge in [-0.1, -0.05) is 84.0 Å². The maximum atomic E-state index is 6.08. The number of rotatable bonds is 7. The molecule has 0 saturated heterocycles. The third-order valence-electron chi connectivity index (χ3n) is 4.42. The molecular weight excluding hydrogens is 304 g/mol. The Hall–Kier alpha value is -1.76. The Labute approximate surface area is 155 Å². The summed E-state index contributed by atoms with van der Waals surface area (Å²) in [5, 5.41) is 0. The Morgan fingerprint density at radius 3 is 1.76 bits per heavy atom. The van der Waals surface area contributed by atoms with Gasteiger partial charge in [0.15, 0.2) is 0 Å². The van der Waals surface area contributed by atoms with Crippen LogP contribution in [0.4, 0.5) is 0 Å². The highest BCUT2D eigenvalue weighted by molar-refractivity contribution is 5.30. The maximum Gasteiger partial charge on any atom is 0.121 e. The molecule has 1 nitrogen and oxygen atoms in total. The summed E-state index contributed by atoms with van der Waals surface area (Å²) in [5.41, 5.74) is 2.63. The largest absolute Gasteiger partial charge is 0.486 e. The van der Waals surface area contributed by atoms with Crippen LogP contribution in [0.1, 0.15) is 78.0 Å². The smallest absolute Gasteiger partial charge is 0.121 e. The predicted molar refractivity (Wildman–Crippen MR) is 110 cm³/mol. The van der Waals surface area contributed by atoms with Crippen molar-refractivity contribution in [2.24, 2.45) is 11.8 Å². The molecule has 0 N–H and O–H groups in total. The fourth-order valence-electron chi connectivity index (χ4n) is 3.09. The topological polar surface area (TPSA) is 9.23 Å². The summed E-state index contributed by atoms with van der Waals surface area (Å²) in [6.07, 6.45) is 1.30.